The number of fused-ring (bicyclic) bond motifs is 1. The van der Waals surface area contributed by atoms with Crippen molar-refractivity contribution in [3.05, 3.63) is 65.2 Å². The van der Waals surface area contributed by atoms with Crippen molar-refractivity contribution in [2.75, 3.05) is 18.5 Å². The van der Waals surface area contributed by atoms with Crippen molar-refractivity contribution in [2.45, 2.75) is 19.8 Å². The van der Waals surface area contributed by atoms with Crippen molar-refractivity contribution in [3.63, 3.8) is 0 Å². The highest BCUT2D eigenvalue weighted by Crippen LogP contribution is 2.23. The second kappa shape index (κ2) is 7.39. The Morgan fingerprint density at radius 3 is 2.12 bits per heavy atom. The smallest absolute Gasteiger partial charge is 0.363 e. The molecule has 6 nitrogen and oxygen atoms in total. The first-order chi connectivity index (χ1) is 12.5. The van der Waals surface area contributed by atoms with Crippen molar-refractivity contribution in [1.29, 1.82) is 0 Å². The number of hydroxylamine groups is 2. The molecule has 0 radical (unpaired) electrons. The molecule has 0 unspecified atom stereocenters. The maximum atomic E-state index is 12.3. The minimum Gasteiger partial charge on any atom is -0.375 e. The molecule has 0 aliphatic carbocycles. The van der Waals surface area contributed by atoms with E-state index in [1.54, 1.807) is 24.3 Å². The van der Waals surface area contributed by atoms with Gasteiger partial charge in [-0.25, -0.2) is 4.79 Å². The first-order valence-corrected chi connectivity index (χ1v) is 8.54. The van der Waals surface area contributed by atoms with E-state index in [0.29, 0.717) is 5.06 Å². The van der Waals surface area contributed by atoms with Crippen LogP contribution in [-0.2, 0) is 4.84 Å². The molecule has 0 fully saturated rings. The number of anilines is 1. The van der Waals surface area contributed by atoms with Gasteiger partial charge in [0.2, 0.25) is 0 Å². The van der Waals surface area contributed by atoms with Crippen LogP contribution >= 0.6 is 0 Å². The molecule has 0 atom stereocenters. The summed E-state index contributed by atoms with van der Waals surface area (Å²) in [5.41, 5.74) is 1.72. The van der Waals surface area contributed by atoms with Crippen LogP contribution in [0.5, 0.6) is 0 Å². The molecule has 0 N–H and O–H groups in total. The van der Waals surface area contributed by atoms with Crippen molar-refractivity contribution >= 4 is 23.5 Å². The molecule has 134 valence electrons. The Labute approximate surface area is 151 Å². The van der Waals surface area contributed by atoms with E-state index in [2.05, 4.69) is 11.8 Å². The lowest BCUT2D eigenvalue weighted by molar-refractivity contribution is -0.0584. The van der Waals surface area contributed by atoms with Crippen molar-refractivity contribution in [2.24, 2.45) is 0 Å². The van der Waals surface area contributed by atoms with Gasteiger partial charge in [-0.2, -0.15) is 0 Å². The highest BCUT2D eigenvalue weighted by Gasteiger charge is 2.38. The molecule has 2 aromatic carbocycles. The summed E-state index contributed by atoms with van der Waals surface area (Å²) >= 11 is 0. The third kappa shape index (κ3) is 3.31. The predicted molar refractivity (Wildman–Crippen MR) is 97.0 cm³/mol. The number of nitrogens with zero attached hydrogens (tertiary/aromatic N) is 2. The normalized spacial score (nSPS) is 12.9. The van der Waals surface area contributed by atoms with E-state index in [-0.39, 0.29) is 16.7 Å². The van der Waals surface area contributed by atoms with Crippen LogP contribution in [0.15, 0.2) is 48.5 Å². The fourth-order valence-electron chi connectivity index (χ4n) is 2.76. The Kier molecular flexibility index (Phi) is 5.02. The SMILES string of the molecule is CCCCN(C)c1ccc(C(=O)ON2C(=O)c3ccccc3C2=O)cc1. The molecular formula is C20H20N2O4. The molecule has 1 aliphatic heterocycles. The second-order valence-electron chi connectivity index (χ2n) is 6.15. The van der Waals surface area contributed by atoms with Crippen LogP contribution in [0.3, 0.4) is 0 Å². The highest BCUT2D eigenvalue weighted by atomic mass is 16.7. The quantitative estimate of drug-likeness (QED) is 0.746. The summed E-state index contributed by atoms with van der Waals surface area (Å²) < 4.78 is 0. The van der Waals surface area contributed by atoms with E-state index in [1.165, 1.54) is 12.1 Å². The monoisotopic (exact) mass is 352 g/mol. The van der Waals surface area contributed by atoms with Crippen LogP contribution in [0.4, 0.5) is 5.69 Å². The number of carbonyl (C=O) groups excluding carboxylic acids is 3. The van der Waals surface area contributed by atoms with Gasteiger partial charge in [-0.3, -0.25) is 9.59 Å². The van der Waals surface area contributed by atoms with Crippen LogP contribution in [0.25, 0.3) is 0 Å². The predicted octanol–water partition coefficient (Wildman–Crippen LogP) is 3.29. The van der Waals surface area contributed by atoms with Gasteiger partial charge in [0.25, 0.3) is 11.8 Å². The molecule has 0 aromatic heterocycles. The maximum Gasteiger partial charge on any atom is 0.363 e. The van der Waals surface area contributed by atoms with Gasteiger partial charge in [-0.15, -0.1) is 0 Å². The van der Waals surface area contributed by atoms with E-state index in [9.17, 15) is 14.4 Å². The zero-order chi connectivity index (χ0) is 18.7. The van der Waals surface area contributed by atoms with Crippen LogP contribution in [0.2, 0.25) is 0 Å². The average Bonchev–Trinajstić information content (AvgIpc) is 2.91. The molecule has 0 bridgehead atoms. The summed E-state index contributed by atoms with van der Waals surface area (Å²) in [6.07, 6.45) is 2.19. The minimum atomic E-state index is -0.748. The lowest BCUT2D eigenvalue weighted by atomic mass is 10.1. The largest absolute Gasteiger partial charge is 0.375 e. The molecule has 2 amide bonds. The van der Waals surface area contributed by atoms with E-state index in [0.717, 1.165) is 25.1 Å². The molecule has 6 heteroatoms. The van der Waals surface area contributed by atoms with Crippen LogP contribution in [0.1, 0.15) is 50.8 Å². The summed E-state index contributed by atoms with van der Waals surface area (Å²) in [4.78, 5) is 43.9. The number of rotatable bonds is 6. The Balaban J connectivity index is 1.69. The van der Waals surface area contributed by atoms with Gasteiger partial charge < -0.3 is 9.74 Å². The zero-order valence-corrected chi connectivity index (χ0v) is 14.8. The van der Waals surface area contributed by atoms with Crippen LogP contribution in [-0.4, -0.2) is 36.4 Å². The Hall–Kier alpha value is -3.15. The first-order valence-electron chi connectivity index (χ1n) is 8.54. The number of carbonyl (C=O) groups is 3. The zero-order valence-electron chi connectivity index (χ0n) is 14.8. The lowest BCUT2D eigenvalue weighted by Gasteiger charge is -2.19. The molecule has 0 saturated heterocycles. The third-order valence-electron chi connectivity index (χ3n) is 4.32. The molecule has 1 heterocycles. The molecule has 0 spiro atoms. The standard InChI is InChI=1S/C20H20N2O4/c1-3-4-13-21(2)15-11-9-14(10-12-15)20(25)26-22-18(23)16-7-5-6-8-17(16)19(22)24/h5-12H,3-4,13H2,1-2H3. The van der Waals surface area contributed by atoms with Gasteiger partial charge in [0.1, 0.15) is 0 Å². The number of hydrogen-bond acceptors (Lipinski definition) is 5. The minimum absolute atomic E-state index is 0.234. The van der Waals surface area contributed by atoms with E-state index >= 15 is 0 Å². The molecule has 1 aliphatic rings. The van der Waals surface area contributed by atoms with Gasteiger partial charge in [-0.05, 0) is 42.8 Å². The van der Waals surface area contributed by atoms with Crippen LogP contribution in [0, 0.1) is 0 Å². The number of hydrogen-bond donors (Lipinski definition) is 0. The number of amides is 2. The molecule has 26 heavy (non-hydrogen) atoms. The van der Waals surface area contributed by atoms with Crippen molar-refractivity contribution < 1.29 is 19.2 Å². The summed E-state index contributed by atoms with van der Waals surface area (Å²) in [7, 11) is 1.99. The molecule has 2 aromatic rings. The van der Waals surface area contributed by atoms with Gasteiger partial charge in [0.05, 0.1) is 16.7 Å². The molecule has 3 rings (SSSR count). The summed E-state index contributed by atoms with van der Waals surface area (Å²) in [6.45, 7) is 3.06. The Bertz CT molecular complexity index is 810. The van der Waals surface area contributed by atoms with Crippen LogP contribution < -0.4 is 4.90 Å². The first kappa shape index (κ1) is 17.7. The summed E-state index contributed by atoms with van der Waals surface area (Å²) in [5, 5.41) is 0.522. The van der Waals surface area contributed by atoms with Gasteiger partial charge >= 0.3 is 5.97 Å². The van der Waals surface area contributed by atoms with E-state index < -0.39 is 17.8 Å². The average molecular weight is 352 g/mol. The Morgan fingerprint density at radius 2 is 1.58 bits per heavy atom. The molecule has 0 saturated carbocycles. The highest BCUT2D eigenvalue weighted by molar-refractivity contribution is 6.21. The lowest BCUT2D eigenvalue weighted by Crippen LogP contribution is -2.32. The second-order valence-corrected chi connectivity index (χ2v) is 6.15. The number of imide groups is 1. The topological polar surface area (TPSA) is 66.9 Å². The molecular weight excluding hydrogens is 332 g/mol. The van der Waals surface area contributed by atoms with Gasteiger partial charge in [0.15, 0.2) is 0 Å². The maximum absolute atomic E-state index is 12.3. The van der Waals surface area contributed by atoms with Crippen molar-refractivity contribution in [1.82, 2.24) is 5.06 Å². The van der Waals surface area contributed by atoms with E-state index in [1.807, 2.05) is 19.2 Å². The van der Waals surface area contributed by atoms with Crippen molar-refractivity contribution in [3.8, 4) is 0 Å². The number of benzene rings is 2. The number of unbranched alkanes of at least 4 members (excludes halogenated alkanes) is 1. The summed E-state index contributed by atoms with van der Waals surface area (Å²) in [6, 6.07) is 13.3. The van der Waals surface area contributed by atoms with E-state index in [4.69, 9.17) is 4.84 Å². The fourth-order valence-corrected chi connectivity index (χ4v) is 2.76. The summed E-state index contributed by atoms with van der Waals surface area (Å²) in [5.74, 6) is -2.01. The Morgan fingerprint density at radius 1 is 1.00 bits per heavy atom. The van der Waals surface area contributed by atoms with Gasteiger partial charge in [-0.1, -0.05) is 30.5 Å². The fraction of sp³-hybridized carbons (Fsp3) is 0.250. The third-order valence-corrected chi connectivity index (χ3v) is 4.32. The van der Waals surface area contributed by atoms with Gasteiger partial charge in [0, 0.05) is 19.3 Å².